The Kier molecular flexibility index (Phi) is 6.97. The molecule has 0 aliphatic heterocycles. The van der Waals surface area contributed by atoms with Crippen molar-refractivity contribution in [2.75, 3.05) is 13.2 Å². The Bertz CT molecular complexity index is 780. The van der Waals surface area contributed by atoms with Crippen LogP contribution in [-0.2, 0) is 16.0 Å². The number of aliphatic carboxylic acids is 1. The van der Waals surface area contributed by atoms with Crippen LogP contribution >= 0.6 is 11.6 Å². The molecule has 0 spiro atoms. The molecule has 2 rings (SSSR count). The van der Waals surface area contributed by atoms with Gasteiger partial charge in [-0.2, -0.15) is 0 Å². The third kappa shape index (κ3) is 5.20. The van der Waals surface area contributed by atoms with Crippen molar-refractivity contribution in [2.24, 2.45) is 0 Å². The molecule has 2 aromatic carbocycles. The Hall–Kier alpha value is -2.60. The largest absolute Gasteiger partial charge is 0.492 e. The van der Waals surface area contributed by atoms with E-state index in [0.717, 1.165) is 0 Å². The summed E-state index contributed by atoms with van der Waals surface area (Å²) in [6.07, 6.45) is 0.00561. The molecule has 0 aliphatic carbocycles. The fraction of sp³-hybridized carbons (Fsp3) is 0.263. The van der Waals surface area contributed by atoms with Gasteiger partial charge in [-0.1, -0.05) is 35.9 Å². The minimum Gasteiger partial charge on any atom is -0.492 e. The summed E-state index contributed by atoms with van der Waals surface area (Å²) in [6.45, 7) is 2.11. The van der Waals surface area contributed by atoms with Crippen molar-refractivity contribution >= 4 is 23.5 Å². The lowest BCUT2D eigenvalue weighted by Crippen LogP contribution is -2.32. The fourth-order valence-corrected chi connectivity index (χ4v) is 2.74. The molecule has 0 fully saturated rings. The summed E-state index contributed by atoms with van der Waals surface area (Å²) in [5, 5.41) is 12.4. The van der Waals surface area contributed by atoms with Crippen molar-refractivity contribution < 1.29 is 23.8 Å². The van der Waals surface area contributed by atoms with Crippen molar-refractivity contribution in [3.63, 3.8) is 0 Å². The zero-order valence-electron chi connectivity index (χ0n) is 14.2. The van der Waals surface area contributed by atoms with Gasteiger partial charge in [0.1, 0.15) is 11.6 Å². The number of hydrogen-bond donors (Lipinski definition) is 2. The Morgan fingerprint density at radius 1 is 1.23 bits per heavy atom. The van der Waals surface area contributed by atoms with Crippen LogP contribution in [0.5, 0.6) is 5.75 Å². The van der Waals surface area contributed by atoms with E-state index in [2.05, 4.69) is 5.32 Å². The van der Waals surface area contributed by atoms with Crippen LogP contribution in [-0.4, -0.2) is 30.1 Å². The van der Waals surface area contributed by atoms with Crippen LogP contribution in [0.1, 0.15) is 24.0 Å². The topological polar surface area (TPSA) is 75.6 Å². The average molecular weight is 380 g/mol. The van der Waals surface area contributed by atoms with E-state index in [1.54, 1.807) is 18.2 Å². The van der Waals surface area contributed by atoms with Crippen LogP contribution in [0.2, 0.25) is 5.02 Å². The van der Waals surface area contributed by atoms with E-state index < -0.39 is 17.7 Å². The lowest BCUT2D eigenvalue weighted by atomic mass is 9.99. The van der Waals surface area contributed by atoms with Gasteiger partial charge < -0.3 is 15.2 Å². The quantitative estimate of drug-likeness (QED) is 0.737. The van der Waals surface area contributed by atoms with Gasteiger partial charge in [0, 0.05) is 12.1 Å². The molecule has 1 atom stereocenters. The van der Waals surface area contributed by atoms with Crippen LogP contribution in [0.15, 0.2) is 42.5 Å². The van der Waals surface area contributed by atoms with Gasteiger partial charge in [0.25, 0.3) is 0 Å². The summed E-state index contributed by atoms with van der Waals surface area (Å²) in [6, 6.07) is 10.3. The van der Waals surface area contributed by atoms with Gasteiger partial charge in [-0.25, -0.2) is 4.39 Å². The first kappa shape index (κ1) is 19.7. The lowest BCUT2D eigenvalue weighted by molar-refractivity contribution is -0.138. The van der Waals surface area contributed by atoms with E-state index in [9.17, 15) is 19.1 Å². The Morgan fingerprint density at radius 3 is 2.54 bits per heavy atom. The number of halogens is 2. The molecule has 1 amide bonds. The highest BCUT2D eigenvalue weighted by Crippen LogP contribution is 2.29. The lowest BCUT2D eigenvalue weighted by Gasteiger charge is -2.15. The first-order valence-electron chi connectivity index (χ1n) is 8.07. The SMILES string of the molecule is CCOc1c(Cl)cccc1CC(=O)NCC(C(=O)O)c1ccc(F)cc1. The predicted molar refractivity (Wildman–Crippen MR) is 96.1 cm³/mol. The fourth-order valence-electron chi connectivity index (χ4n) is 2.49. The smallest absolute Gasteiger partial charge is 0.312 e. The maximum absolute atomic E-state index is 13.0. The van der Waals surface area contributed by atoms with E-state index in [1.165, 1.54) is 24.3 Å². The summed E-state index contributed by atoms with van der Waals surface area (Å²) in [5.41, 5.74) is 1.03. The second kappa shape index (κ2) is 9.20. The number of para-hydroxylation sites is 1. The summed E-state index contributed by atoms with van der Waals surface area (Å²) in [5.74, 6) is -2.44. The van der Waals surface area contributed by atoms with Crippen molar-refractivity contribution in [3.8, 4) is 5.75 Å². The van der Waals surface area contributed by atoms with Crippen LogP contribution in [0.25, 0.3) is 0 Å². The van der Waals surface area contributed by atoms with E-state index in [-0.39, 0.29) is 18.9 Å². The molecule has 0 aromatic heterocycles. The monoisotopic (exact) mass is 379 g/mol. The first-order chi connectivity index (χ1) is 12.4. The highest BCUT2D eigenvalue weighted by Gasteiger charge is 2.21. The molecule has 0 saturated heterocycles. The van der Waals surface area contributed by atoms with Gasteiger partial charge in [-0.15, -0.1) is 0 Å². The molecule has 0 aliphatic rings. The number of hydrogen-bond acceptors (Lipinski definition) is 3. The number of carboxylic acid groups (broad SMARTS) is 1. The third-order valence-corrected chi connectivity index (χ3v) is 4.06. The molecule has 2 N–H and O–H groups in total. The van der Waals surface area contributed by atoms with Gasteiger partial charge in [0.15, 0.2) is 0 Å². The Balaban J connectivity index is 2.04. The molecule has 2 aromatic rings. The molecular formula is C19H19ClFNO4. The Morgan fingerprint density at radius 2 is 1.92 bits per heavy atom. The minimum atomic E-state index is -1.10. The normalized spacial score (nSPS) is 11.7. The molecule has 0 bridgehead atoms. The third-order valence-electron chi connectivity index (χ3n) is 3.76. The summed E-state index contributed by atoms with van der Waals surface area (Å²) in [7, 11) is 0. The molecule has 0 radical (unpaired) electrons. The standard InChI is InChI=1S/C19H19ClFNO4/c1-2-26-18-13(4-3-5-16(18)20)10-17(23)22-11-15(19(24)25)12-6-8-14(21)9-7-12/h3-9,15H,2,10-11H2,1H3,(H,22,23)(H,24,25). The highest BCUT2D eigenvalue weighted by molar-refractivity contribution is 6.32. The summed E-state index contributed by atoms with van der Waals surface area (Å²) in [4.78, 5) is 23.7. The second-order valence-corrected chi connectivity index (χ2v) is 5.99. The molecular weight excluding hydrogens is 361 g/mol. The average Bonchev–Trinajstić information content (AvgIpc) is 2.59. The van der Waals surface area contributed by atoms with E-state index in [4.69, 9.17) is 16.3 Å². The van der Waals surface area contributed by atoms with Gasteiger partial charge in [-0.3, -0.25) is 9.59 Å². The number of carboxylic acids is 1. The van der Waals surface area contributed by atoms with E-state index in [0.29, 0.717) is 28.5 Å². The number of amides is 1. The molecule has 0 saturated carbocycles. The van der Waals surface area contributed by atoms with Gasteiger partial charge in [0.2, 0.25) is 5.91 Å². The molecule has 0 heterocycles. The maximum Gasteiger partial charge on any atom is 0.312 e. The second-order valence-electron chi connectivity index (χ2n) is 5.58. The summed E-state index contributed by atoms with van der Waals surface area (Å²) >= 11 is 6.09. The number of carbonyl (C=O) groups is 2. The van der Waals surface area contributed by atoms with Crippen molar-refractivity contribution in [1.29, 1.82) is 0 Å². The summed E-state index contributed by atoms with van der Waals surface area (Å²) < 4.78 is 18.5. The molecule has 26 heavy (non-hydrogen) atoms. The van der Waals surface area contributed by atoms with Gasteiger partial charge in [-0.05, 0) is 30.7 Å². The number of carbonyl (C=O) groups excluding carboxylic acids is 1. The van der Waals surface area contributed by atoms with Crippen LogP contribution in [0.3, 0.4) is 0 Å². The molecule has 7 heteroatoms. The maximum atomic E-state index is 13.0. The van der Waals surface area contributed by atoms with E-state index >= 15 is 0 Å². The zero-order valence-corrected chi connectivity index (χ0v) is 14.9. The predicted octanol–water partition coefficient (Wildman–Crippen LogP) is 3.40. The highest BCUT2D eigenvalue weighted by atomic mass is 35.5. The van der Waals surface area contributed by atoms with Crippen LogP contribution in [0.4, 0.5) is 4.39 Å². The number of benzene rings is 2. The van der Waals surface area contributed by atoms with E-state index in [1.807, 2.05) is 6.92 Å². The van der Waals surface area contributed by atoms with Crippen molar-refractivity contribution in [1.82, 2.24) is 5.32 Å². The van der Waals surface area contributed by atoms with Crippen LogP contribution in [0, 0.1) is 5.82 Å². The number of nitrogens with one attached hydrogen (secondary N) is 1. The van der Waals surface area contributed by atoms with Crippen molar-refractivity contribution in [3.05, 3.63) is 64.4 Å². The molecule has 1 unspecified atom stereocenters. The molecule has 138 valence electrons. The Labute approximate surface area is 155 Å². The zero-order chi connectivity index (χ0) is 19.1. The van der Waals surface area contributed by atoms with Gasteiger partial charge in [0.05, 0.1) is 24.0 Å². The van der Waals surface area contributed by atoms with Gasteiger partial charge >= 0.3 is 5.97 Å². The molecule has 5 nitrogen and oxygen atoms in total. The number of ether oxygens (including phenoxy) is 1. The van der Waals surface area contributed by atoms with Crippen molar-refractivity contribution in [2.45, 2.75) is 19.3 Å². The first-order valence-corrected chi connectivity index (χ1v) is 8.45. The number of rotatable bonds is 8. The van der Waals surface area contributed by atoms with Crippen LogP contribution < -0.4 is 10.1 Å². The minimum absolute atomic E-state index is 0.00561.